The lowest BCUT2D eigenvalue weighted by Crippen LogP contribution is -2.29. The first kappa shape index (κ1) is 18.6. The van der Waals surface area contributed by atoms with Gasteiger partial charge in [0.25, 0.3) is 5.78 Å². The van der Waals surface area contributed by atoms with Crippen LogP contribution in [0.3, 0.4) is 0 Å². The SMILES string of the molecule is Cc1ccc([C@@H]2/C(=C(\O)c3ccc(Br)cc3)C(=O)C(=O)N2c2nccs2)cc1. The minimum atomic E-state index is -0.740. The molecule has 3 aromatic rings. The van der Waals surface area contributed by atoms with E-state index in [0.29, 0.717) is 10.7 Å². The van der Waals surface area contributed by atoms with Crippen LogP contribution in [0.15, 0.2) is 70.2 Å². The molecule has 7 heteroatoms. The maximum Gasteiger partial charge on any atom is 0.301 e. The number of amides is 1. The first-order chi connectivity index (χ1) is 13.5. The number of halogens is 1. The molecular formula is C21H15BrN2O3S. The maximum atomic E-state index is 12.9. The first-order valence-electron chi connectivity index (χ1n) is 8.50. The minimum Gasteiger partial charge on any atom is -0.507 e. The Balaban J connectivity index is 1.93. The molecule has 0 aliphatic carbocycles. The number of aryl methyl sites for hydroxylation is 1. The van der Waals surface area contributed by atoms with E-state index in [1.54, 1.807) is 35.8 Å². The Kier molecular flexibility index (Phi) is 4.87. The Hall–Kier alpha value is -2.77. The third-order valence-corrected chi connectivity index (χ3v) is 5.88. The standard InChI is InChI=1S/C21H15BrN2O3S/c1-12-2-4-13(5-3-12)17-16(18(25)14-6-8-15(22)9-7-14)19(26)20(27)24(17)21-23-10-11-28-21/h2-11,17,25H,1H3/b18-16+/t17-/m1/s1. The van der Waals surface area contributed by atoms with E-state index >= 15 is 0 Å². The zero-order valence-corrected chi connectivity index (χ0v) is 17.2. The third kappa shape index (κ3) is 3.16. The number of rotatable bonds is 3. The van der Waals surface area contributed by atoms with Crippen LogP contribution >= 0.6 is 27.3 Å². The Morgan fingerprint density at radius 3 is 2.39 bits per heavy atom. The van der Waals surface area contributed by atoms with Crippen LogP contribution in [0.2, 0.25) is 0 Å². The van der Waals surface area contributed by atoms with E-state index in [1.165, 1.54) is 16.2 Å². The van der Waals surface area contributed by atoms with E-state index in [0.717, 1.165) is 15.6 Å². The van der Waals surface area contributed by atoms with E-state index < -0.39 is 17.7 Å². The van der Waals surface area contributed by atoms with Crippen molar-refractivity contribution in [3.05, 3.63) is 86.8 Å². The average Bonchev–Trinajstić information content (AvgIpc) is 3.30. The molecule has 2 heterocycles. The van der Waals surface area contributed by atoms with Gasteiger partial charge in [-0.25, -0.2) is 4.98 Å². The highest BCUT2D eigenvalue weighted by Crippen LogP contribution is 2.42. The van der Waals surface area contributed by atoms with Gasteiger partial charge in [-0.15, -0.1) is 11.3 Å². The fourth-order valence-corrected chi connectivity index (χ4v) is 4.12. The van der Waals surface area contributed by atoms with Crippen LogP contribution in [0.1, 0.15) is 22.7 Å². The highest BCUT2D eigenvalue weighted by Gasteiger charge is 2.47. The summed E-state index contributed by atoms with van der Waals surface area (Å²) < 4.78 is 0.849. The number of carbonyl (C=O) groups is 2. The summed E-state index contributed by atoms with van der Waals surface area (Å²) in [4.78, 5) is 31.3. The van der Waals surface area contributed by atoms with Gasteiger partial charge in [-0.3, -0.25) is 14.5 Å². The van der Waals surface area contributed by atoms with Gasteiger partial charge in [0.15, 0.2) is 5.13 Å². The number of aromatic nitrogens is 1. The molecule has 4 rings (SSSR count). The number of carbonyl (C=O) groups excluding carboxylic acids is 2. The summed E-state index contributed by atoms with van der Waals surface area (Å²) in [6.07, 6.45) is 1.58. The minimum absolute atomic E-state index is 0.0615. The summed E-state index contributed by atoms with van der Waals surface area (Å²) in [5, 5.41) is 13.1. The molecule has 0 bridgehead atoms. The molecule has 1 aromatic heterocycles. The fourth-order valence-electron chi connectivity index (χ4n) is 3.19. The van der Waals surface area contributed by atoms with E-state index in [1.807, 2.05) is 31.2 Å². The van der Waals surface area contributed by atoms with Gasteiger partial charge in [0, 0.05) is 21.6 Å². The van der Waals surface area contributed by atoms with Gasteiger partial charge >= 0.3 is 5.91 Å². The van der Waals surface area contributed by atoms with Crippen LogP contribution in [-0.2, 0) is 9.59 Å². The lowest BCUT2D eigenvalue weighted by atomic mass is 9.95. The number of nitrogens with zero attached hydrogens (tertiary/aromatic N) is 2. The van der Waals surface area contributed by atoms with Crippen molar-refractivity contribution in [2.75, 3.05) is 4.90 Å². The molecule has 1 aliphatic heterocycles. The van der Waals surface area contributed by atoms with Crippen LogP contribution in [0, 0.1) is 6.92 Å². The molecule has 1 amide bonds. The van der Waals surface area contributed by atoms with Crippen LogP contribution in [-0.4, -0.2) is 21.8 Å². The van der Waals surface area contributed by atoms with Crippen LogP contribution in [0.25, 0.3) is 5.76 Å². The van der Waals surface area contributed by atoms with Gasteiger partial charge in [0.05, 0.1) is 11.6 Å². The van der Waals surface area contributed by atoms with Crippen molar-refractivity contribution >= 4 is 49.8 Å². The van der Waals surface area contributed by atoms with E-state index in [9.17, 15) is 14.7 Å². The average molecular weight is 455 g/mol. The van der Waals surface area contributed by atoms with Gasteiger partial charge in [0.1, 0.15) is 5.76 Å². The Morgan fingerprint density at radius 2 is 1.79 bits per heavy atom. The van der Waals surface area contributed by atoms with Gasteiger partial charge in [-0.05, 0) is 24.6 Å². The molecular weight excluding hydrogens is 440 g/mol. The van der Waals surface area contributed by atoms with Crippen molar-refractivity contribution in [3.8, 4) is 0 Å². The Labute approximate surface area is 174 Å². The molecule has 1 saturated heterocycles. The molecule has 2 aromatic carbocycles. The number of aliphatic hydroxyl groups excluding tert-OH is 1. The Morgan fingerprint density at radius 1 is 1.11 bits per heavy atom. The summed E-state index contributed by atoms with van der Waals surface area (Å²) >= 11 is 4.63. The van der Waals surface area contributed by atoms with Crippen molar-refractivity contribution in [1.29, 1.82) is 0 Å². The quantitative estimate of drug-likeness (QED) is 0.349. The number of aliphatic hydroxyl groups is 1. The van der Waals surface area contributed by atoms with Crippen molar-refractivity contribution in [1.82, 2.24) is 4.98 Å². The van der Waals surface area contributed by atoms with Crippen molar-refractivity contribution in [2.45, 2.75) is 13.0 Å². The van der Waals surface area contributed by atoms with Crippen molar-refractivity contribution in [3.63, 3.8) is 0 Å². The van der Waals surface area contributed by atoms with Crippen LogP contribution in [0.4, 0.5) is 5.13 Å². The normalized spacial score (nSPS) is 18.6. The lowest BCUT2D eigenvalue weighted by molar-refractivity contribution is -0.132. The molecule has 1 atom stereocenters. The zero-order valence-electron chi connectivity index (χ0n) is 14.8. The molecule has 1 fully saturated rings. The predicted molar refractivity (Wildman–Crippen MR) is 112 cm³/mol. The van der Waals surface area contributed by atoms with E-state index in [4.69, 9.17) is 0 Å². The second-order valence-corrected chi connectivity index (χ2v) is 8.19. The summed E-state index contributed by atoms with van der Waals surface area (Å²) in [6.45, 7) is 1.96. The summed E-state index contributed by atoms with van der Waals surface area (Å²) in [5.74, 6) is -1.61. The highest BCUT2D eigenvalue weighted by molar-refractivity contribution is 9.10. The third-order valence-electron chi connectivity index (χ3n) is 4.58. The predicted octanol–water partition coefficient (Wildman–Crippen LogP) is 4.84. The maximum absolute atomic E-state index is 12.9. The zero-order chi connectivity index (χ0) is 19.8. The first-order valence-corrected chi connectivity index (χ1v) is 10.2. The number of thiazole rings is 1. The molecule has 28 heavy (non-hydrogen) atoms. The molecule has 140 valence electrons. The highest BCUT2D eigenvalue weighted by atomic mass is 79.9. The van der Waals surface area contributed by atoms with Crippen LogP contribution in [0.5, 0.6) is 0 Å². The second kappa shape index (κ2) is 7.33. The Bertz CT molecular complexity index is 1070. The number of benzene rings is 2. The second-order valence-electron chi connectivity index (χ2n) is 6.40. The summed E-state index contributed by atoms with van der Waals surface area (Å²) in [5.41, 5.74) is 2.32. The van der Waals surface area contributed by atoms with Gasteiger partial charge in [-0.2, -0.15) is 0 Å². The van der Waals surface area contributed by atoms with Crippen molar-refractivity contribution < 1.29 is 14.7 Å². The summed E-state index contributed by atoms with van der Waals surface area (Å²) in [6, 6.07) is 13.7. The number of anilines is 1. The fraction of sp³-hybridized carbons (Fsp3) is 0.0952. The number of hydrogen-bond acceptors (Lipinski definition) is 5. The van der Waals surface area contributed by atoms with Gasteiger partial charge in [-0.1, -0.05) is 57.9 Å². The van der Waals surface area contributed by atoms with E-state index in [2.05, 4.69) is 20.9 Å². The molecule has 5 nitrogen and oxygen atoms in total. The smallest absolute Gasteiger partial charge is 0.301 e. The van der Waals surface area contributed by atoms with E-state index in [-0.39, 0.29) is 11.3 Å². The monoisotopic (exact) mass is 454 g/mol. The topological polar surface area (TPSA) is 70.5 Å². The number of Topliss-reactive ketones (excluding diaryl/α,β-unsaturated/α-hetero) is 1. The molecule has 0 saturated carbocycles. The number of ketones is 1. The molecule has 1 aliphatic rings. The van der Waals surface area contributed by atoms with Crippen LogP contribution < -0.4 is 4.90 Å². The number of hydrogen-bond donors (Lipinski definition) is 1. The largest absolute Gasteiger partial charge is 0.507 e. The van der Waals surface area contributed by atoms with Gasteiger partial charge < -0.3 is 5.11 Å². The molecule has 0 unspecified atom stereocenters. The van der Waals surface area contributed by atoms with Crippen molar-refractivity contribution in [2.24, 2.45) is 0 Å². The molecule has 0 radical (unpaired) electrons. The summed E-state index contributed by atoms with van der Waals surface area (Å²) in [7, 11) is 0. The molecule has 1 N–H and O–H groups in total. The van der Waals surface area contributed by atoms with Gasteiger partial charge in [0.2, 0.25) is 0 Å². The molecule has 0 spiro atoms. The lowest BCUT2D eigenvalue weighted by Gasteiger charge is -2.23.